The van der Waals surface area contributed by atoms with Crippen molar-refractivity contribution in [2.45, 2.75) is 38.8 Å². The van der Waals surface area contributed by atoms with E-state index in [4.69, 9.17) is 0 Å². The van der Waals surface area contributed by atoms with E-state index < -0.39 is 9.84 Å². The average molecular weight is 368 g/mol. The highest BCUT2D eigenvalue weighted by Crippen LogP contribution is 2.24. The molecule has 2 fully saturated rings. The lowest BCUT2D eigenvalue weighted by molar-refractivity contribution is -0.126. The van der Waals surface area contributed by atoms with Gasteiger partial charge in [-0.1, -0.05) is 6.07 Å². The number of piperidine rings is 1. The molecule has 0 aliphatic carbocycles. The molecule has 138 valence electrons. The minimum Gasteiger partial charge on any atom is -0.352 e. The van der Waals surface area contributed by atoms with Crippen molar-refractivity contribution in [3.63, 3.8) is 0 Å². The van der Waals surface area contributed by atoms with Gasteiger partial charge in [0.2, 0.25) is 5.91 Å². The molecule has 0 saturated carbocycles. The van der Waals surface area contributed by atoms with Crippen LogP contribution in [0.2, 0.25) is 0 Å². The lowest BCUT2D eigenvalue weighted by Crippen LogP contribution is -2.45. The topological polar surface area (TPSA) is 66.5 Å². The Bertz CT molecular complexity index is 743. The van der Waals surface area contributed by atoms with E-state index in [0.717, 1.165) is 37.1 Å². The second kappa shape index (κ2) is 7.41. The highest BCUT2D eigenvalue weighted by molar-refractivity contribution is 7.91. The molecule has 0 bridgehead atoms. The number of halogens is 1. The largest absolute Gasteiger partial charge is 0.352 e. The van der Waals surface area contributed by atoms with Crippen LogP contribution in [0.15, 0.2) is 18.2 Å². The molecule has 0 spiro atoms. The number of nitrogens with one attached hydrogen (secondary N) is 1. The fraction of sp³-hybridized carbons (Fsp3) is 0.611. The highest BCUT2D eigenvalue weighted by atomic mass is 32.2. The second-order valence-electron chi connectivity index (χ2n) is 7.16. The maximum Gasteiger partial charge on any atom is 0.223 e. The Kier molecular flexibility index (Phi) is 5.43. The lowest BCUT2D eigenvalue weighted by atomic mass is 9.94. The number of amides is 1. The van der Waals surface area contributed by atoms with Crippen molar-refractivity contribution in [1.82, 2.24) is 10.2 Å². The van der Waals surface area contributed by atoms with Crippen LogP contribution in [0.4, 0.5) is 4.39 Å². The van der Waals surface area contributed by atoms with Gasteiger partial charge in [-0.05, 0) is 62.5 Å². The summed E-state index contributed by atoms with van der Waals surface area (Å²) in [6.07, 6.45) is 2.19. The Hall–Kier alpha value is -1.47. The smallest absolute Gasteiger partial charge is 0.223 e. The van der Waals surface area contributed by atoms with Gasteiger partial charge in [0.25, 0.3) is 0 Å². The zero-order valence-electron chi connectivity index (χ0n) is 14.5. The predicted molar refractivity (Wildman–Crippen MR) is 94.3 cm³/mol. The zero-order chi connectivity index (χ0) is 18.0. The number of benzene rings is 1. The van der Waals surface area contributed by atoms with Gasteiger partial charge in [0.1, 0.15) is 5.82 Å². The van der Waals surface area contributed by atoms with Crippen LogP contribution in [-0.4, -0.2) is 49.9 Å². The van der Waals surface area contributed by atoms with E-state index in [1.54, 1.807) is 6.07 Å². The summed E-state index contributed by atoms with van der Waals surface area (Å²) < 4.78 is 36.5. The van der Waals surface area contributed by atoms with Crippen molar-refractivity contribution >= 4 is 15.7 Å². The van der Waals surface area contributed by atoms with E-state index in [1.807, 2.05) is 6.92 Å². The fourth-order valence-corrected chi connectivity index (χ4v) is 5.51. The fourth-order valence-electron chi connectivity index (χ4n) is 3.75. The van der Waals surface area contributed by atoms with Gasteiger partial charge in [-0.2, -0.15) is 0 Å². The van der Waals surface area contributed by atoms with Crippen LogP contribution in [-0.2, 0) is 21.2 Å². The van der Waals surface area contributed by atoms with Gasteiger partial charge in [0, 0.05) is 18.5 Å². The third-order valence-corrected chi connectivity index (χ3v) is 7.14. The van der Waals surface area contributed by atoms with Crippen LogP contribution in [0.5, 0.6) is 0 Å². The summed E-state index contributed by atoms with van der Waals surface area (Å²) in [7, 11) is -2.87. The number of carbonyl (C=O) groups excluding carboxylic acids is 1. The first kappa shape index (κ1) is 18.3. The summed E-state index contributed by atoms with van der Waals surface area (Å²) in [5.74, 6) is 0.188. The molecule has 2 saturated heterocycles. The minimum atomic E-state index is -2.87. The Balaban J connectivity index is 1.48. The molecule has 2 heterocycles. The van der Waals surface area contributed by atoms with Crippen LogP contribution < -0.4 is 5.32 Å². The number of rotatable bonds is 4. The summed E-state index contributed by atoms with van der Waals surface area (Å²) in [6, 6.07) is 4.70. The van der Waals surface area contributed by atoms with E-state index in [9.17, 15) is 17.6 Å². The van der Waals surface area contributed by atoms with Crippen molar-refractivity contribution < 1.29 is 17.6 Å². The van der Waals surface area contributed by atoms with Crippen molar-refractivity contribution in [3.8, 4) is 0 Å². The summed E-state index contributed by atoms with van der Waals surface area (Å²) >= 11 is 0. The van der Waals surface area contributed by atoms with Gasteiger partial charge in [-0.3, -0.25) is 9.69 Å². The monoisotopic (exact) mass is 368 g/mol. The Morgan fingerprint density at radius 3 is 2.64 bits per heavy atom. The van der Waals surface area contributed by atoms with Crippen LogP contribution in [0.3, 0.4) is 0 Å². The number of hydrogen-bond donors (Lipinski definition) is 1. The average Bonchev–Trinajstić information content (AvgIpc) is 2.95. The standard InChI is InChI=1S/C18H25FN2O3S/c1-13-2-3-16(19)10-15(13)11-20-18(22)14-4-7-21(8-5-14)17-6-9-25(23,24)12-17/h2-3,10,14,17H,4-9,11-12H2,1H3,(H,20,22)/t17-/m1/s1. The summed E-state index contributed by atoms with van der Waals surface area (Å²) in [5, 5.41) is 2.91. The number of nitrogens with zero attached hydrogens (tertiary/aromatic N) is 1. The van der Waals surface area contributed by atoms with Crippen molar-refractivity contribution in [1.29, 1.82) is 0 Å². The molecule has 0 radical (unpaired) electrons. The maximum absolute atomic E-state index is 13.3. The van der Waals surface area contributed by atoms with Gasteiger partial charge >= 0.3 is 0 Å². The molecule has 3 rings (SSSR count). The van der Waals surface area contributed by atoms with Gasteiger partial charge in [0.05, 0.1) is 11.5 Å². The lowest BCUT2D eigenvalue weighted by Gasteiger charge is -2.34. The second-order valence-corrected chi connectivity index (χ2v) is 9.38. The molecule has 2 aliphatic heterocycles. The molecule has 1 N–H and O–H groups in total. The van der Waals surface area contributed by atoms with Crippen LogP contribution in [0.1, 0.15) is 30.4 Å². The number of sulfone groups is 1. The Morgan fingerprint density at radius 1 is 1.28 bits per heavy atom. The molecular weight excluding hydrogens is 343 g/mol. The van der Waals surface area contributed by atoms with Crippen molar-refractivity contribution in [2.24, 2.45) is 5.92 Å². The molecule has 0 unspecified atom stereocenters. The van der Waals surface area contributed by atoms with Gasteiger partial charge < -0.3 is 5.32 Å². The van der Waals surface area contributed by atoms with Crippen LogP contribution >= 0.6 is 0 Å². The first-order valence-electron chi connectivity index (χ1n) is 8.81. The van der Waals surface area contributed by atoms with E-state index >= 15 is 0 Å². The summed E-state index contributed by atoms with van der Waals surface area (Å²) in [5.41, 5.74) is 1.75. The number of carbonyl (C=O) groups is 1. The molecular formula is C18H25FN2O3S. The molecule has 5 nitrogen and oxygen atoms in total. The van der Waals surface area contributed by atoms with Crippen molar-refractivity contribution in [3.05, 3.63) is 35.1 Å². The summed E-state index contributed by atoms with van der Waals surface area (Å²) in [4.78, 5) is 14.6. The third kappa shape index (κ3) is 4.58. The molecule has 0 aromatic heterocycles. The normalized spacial score (nSPS) is 24.3. The number of aryl methyl sites for hydroxylation is 1. The first-order chi connectivity index (χ1) is 11.8. The van der Waals surface area contributed by atoms with E-state index in [1.165, 1.54) is 12.1 Å². The SMILES string of the molecule is Cc1ccc(F)cc1CNC(=O)C1CCN([C@@H]2CCS(=O)(=O)C2)CC1. The molecule has 1 aromatic carbocycles. The Morgan fingerprint density at radius 2 is 2.00 bits per heavy atom. The summed E-state index contributed by atoms with van der Waals surface area (Å²) in [6.45, 7) is 3.76. The zero-order valence-corrected chi connectivity index (χ0v) is 15.3. The van der Waals surface area contributed by atoms with E-state index in [2.05, 4.69) is 10.2 Å². The highest BCUT2D eigenvalue weighted by Gasteiger charge is 2.35. The third-order valence-electron chi connectivity index (χ3n) is 5.39. The quantitative estimate of drug-likeness (QED) is 0.878. The molecule has 25 heavy (non-hydrogen) atoms. The maximum atomic E-state index is 13.3. The minimum absolute atomic E-state index is 0.00218. The predicted octanol–water partition coefficient (Wildman–Crippen LogP) is 1.65. The molecule has 1 aromatic rings. The molecule has 1 amide bonds. The Labute approximate surface area is 148 Å². The number of hydrogen-bond acceptors (Lipinski definition) is 4. The van der Waals surface area contributed by atoms with Crippen LogP contribution in [0.25, 0.3) is 0 Å². The van der Waals surface area contributed by atoms with E-state index in [0.29, 0.717) is 13.0 Å². The molecule has 7 heteroatoms. The van der Waals surface area contributed by atoms with Gasteiger partial charge in [-0.25, -0.2) is 12.8 Å². The first-order valence-corrected chi connectivity index (χ1v) is 10.6. The van der Waals surface area contributed by atoms with Crippen molar-refractivity contribution in [2.75, 3.05) is 24.6 Å². The van der Waals surface area contributed by atoms with Crippen LogP contribution in [0, 0.1) is 18.7 Å². The number of likely N-dealkylation sites (tertiary alicyclic amines) is 1. The molecule has 1 atom stereocenters. The van der Waals surface area contributed by atoms with Gasteiger partial charge in [0.15, 0.2) is 9.84 Å². The molecule has 2 aliphatic rings. The van der Waals surface area contributed by atoms with E-state index in [-0.39, 0.29) is 35.2 Å². The van der Waals surface area contributed by atoms with Gasteiger partial charge in [-0.15, -0.1) is 0 Å².